The van der Waals surface area contributed by atoms with Crippen LogP contribution in [0.1, 0.15) is 30.3 Å². The van der Waals surface area contributed by atoms with Gasteiger partial charge in [-0.15, -0.1) is 0 Å². The summed E-state index contributed by atoms with van der Waals surface area (Å²) in [7, 11) is 0. The molecule has 1 amide bonds. The summed E-state index contributed by atoms with van der Waals surface area (Å²) in [5.74, 6) is 0.359. The van der Waals surface area contributed by atoms with Crippen molar-refractivity contribution in [2.45, 2.75) is 26.3 Å². The second-order valence-electron chi connectivity index (χ2n) is 5.61. The van der Waals surface area contributed by atoms with E-state index >= 15 is 0 Å². The Balaban J connectivity index is 1.72. The molecule has 1 aromatic heterocycles. The first-order valence-corrected chi connectivity index (χ1v) is 7.41. The van der Waals surface area contributed by atoms with Crippen LogP contribution in [-0.4, -0.2) is 53.1 Å². The van der Waals surface area contributed by atoms with E-state index in [0.29, 0.717) is 31.2 Å². The fourth-order valence-corrected chi connectivity index (χ4v) is 2.58. The topological polar surface area (TPSA) is 76.2 Å². The highest BCUT2D eigenvalue weighted by Gasteiger charge is 2.16. The molecule has 1 aromatic rings. The van der Waals surface area contributed by atoms with Crippen molar-refractivity contribution < 1.29 is 4.79 Å². The fraction of sp³-hybridized carbons (Fsp3) is 0.714. The average molecular weight is 279 g/mol. The maximum absolute atomic E-state index is 12.0. The largest absolute Gasteiger partial charge is 0.350 e. The number of nitrogens with two attached hydrogens (primary N) is 1. The predicted molar refractivity (Wildman–Crippen MR) is 78.5 cm³/mol. The number of likely N-dealkylation sites (tertiary alicyclic amines) is 1. The summed E-state index contributed by atoms with van der Waals surface area (Å²) in [5.41, 5.74) is 5.93. The maximum atomic E-state index is 12.0. The Hall–Kier alpha value is -1.40. The van der Waals surface area contributed by atoms with Gasteiger partial charge in [0.05, 0.1) is 6.33 Å². The van der Waals surface area contributed by atoms with Crippen molar-refractivity contribution in [3.8, 4) is 0 Å². The molecule has 112 valence electrons. The molecule has 0 saturated carbocycles. The number of hydrogen-bond acceptors (Lipinski definition) is 4. The summed E-state index contributed by atoms with van der Waals surface area (Å²) < 4.78 is 1.84. The van der Waals surface area contributed by atoms with E-state index in [-0.39, 0.29) is 5.91 Å². The van der Waals surface area contributed by atoms with Crippen molar-refractivity contribution in [2.24, 2.45) is 11.7 Å². The van der Waals surface area contributed by atoms with Crippen molar-refractivity contribution in [2.75, 3.05) is 32.7 Å². The first-order chi connectivity index (χ1) is 9.69. The third-order valence-corrected chi connectivity index (χ3v) is 3.63. The van der Waals surface area contributed by atoms with Crippen molar-refractivity contribution in [1.82, 2.24) is 19.8 Å². The van der Waals surface area contributed by atoms with E-state index in [2.05, 4.69) is 22.1 Å². The van der Waals surface area contributed by atoms with E-state index in [1.807, 2.05) is 4.57 Å². The molecule has 20 heavy (non-hydrogen) atoms. The first-order valence-electron chi connectivity index (χ1n) is 7.41. The van der Waals surface area contributed by atoms with Crippen molar-refractivity contribution in [3.63, 3.8) is 0 Å². The summed E-state index contributed by atoms with van der Waals surface area (Å²) in [6.45, 7) is 7.55. The van der Waals surface area contributed by atoms with Gasteiger partial charge < -0.3 is 20.5 Å². The monoisotopic (exact) mass is 279 g/mol. The molecule has 0 aromatic carbocycles. The molecule has 1 unspecified atom stereocenters. The zero-order chi connectivity index (χ0) is 14.4. The number of nitrogens with zero attached hydrogens (tertiary/aromatic N) is 3. The number of carbonyl (C=O) groups is 1. The lowest BCUT2D eigenvalue weighted by atomic mass is 10.1. The summed E-state index contributed by atoms with van der Waals surface area (Å²) in [4.78, 5) is 18.5. The van der Waals surface area contributed by atoms with E-state index in [4.69, 9.17) is 5.73 Å². The highest BCUT2D eigenvalue weighted by molar-refractivity contribution is 5.91. The van der Waals surface area contributed by atoms with Crippen LogP contribution in [0.5, 0.6) is 0 Å². The number of imidazole rings is 1. The number of aromatic nitrogens is 2. The Labute approximate surface area is 120 Å². The minimum absolute atomic E-state index is 0.103. The molecule has 6 nitrogen and oxygen atoms in total. The van der Waals surface area contributed by atoms with Crippen LogP contribution in [-0.2, 0) is 6.54 Å². The Morgan fingerprint density at radius 2 is 2.25 bits per heavy atom. The van der Waals surface area contributed by atoms with E-state index in [9.17, 15) is 4.79 Å². The minimum Gasteiger partial charge on any atom is -0.350 e. The van der Waals surface area contributed by atoms with Gasteiger partial charge in [-0.2, -0.15) is 0 Å². The van der Waals surface area contributed by atoms with Crippen molar-refractivity contribution >= 4 is 5.91 Å². The number of carbonyl (C=O) groups excluding carboxylic acids is 1. The molecular weight excluding hydrogens is 254 g/mol. The predicted octanol–water partition coefficient (Wildman–Crippen LogP) is 0.304. The Morgan fingerprint density at radius 3 is 2.95 bits per heavy atom. The highest BCUT2D eigenvalue weighted by Crippen LogP contribution is 2.09. The zero-order valence-corrected chi connectivity index (χ0v) is 12.2. The standard InChI is InChI=1S/C14H25N5O/c1-12(9-18-5-2-3-6-18)8-16-14(20)13-10-19(7-4-15)11-17-13/h10-12H,2-9,15H2,1H3,(H,16,20). The maximum Gasteiger partial charge on any atom is 0.271 e. The summed E-state index contributed by atoms with van der Waals surface area (Å²) in [5, 5.41) is 2.96. The molecule has 2 rings (SSSR count). The van der Waals surface area contributed by atoms with Gasteiger partial charge in [0.25, 0.3) is 5.91 Å². The minimum atomic E-state index is -0.103. The van der Waals surface area contributed by atoms with Crippen LogP contribution in [0, 0.1) is 5.92 Å². The smallest absolute Gasteiger partial charge is 0.271 e. The van der Waals surface area contributed by atoms with Crippen LogP contribution in [0.15, 0.2) is 12.5 Å². The molecule has 0 spiro atoms. The highest BCUT2D eigenvalue weighted by atomic mass is 16.1. The zero-order valence-electron chi connectivity index (χ0n) is 12.2. The Bertz CT molecular complexity index is 425. The van der Waals surface area contributed by atoms with Gasteiger partial charge in [0.15, 0.2) is 0 Å². The van der Waals surface area contributed by atoms with Crippen molar-refractivity contribution in [1.29, 1.82) is 0 Å². The fourth-order valence-electron chi connectivity index (χ4n) is 2.58. The third kappa shape index (κ3) is 4.31. The molecule has 0 radical (unpaired) electrons. The molecule has 1 saturated heterocycles. The molecule has 3 N–H and O–H groups in total. The summed E-state index contributed by atoms with van der Waals surface area (Å²) in [6, 6.07) is 0. The van der Waals surface area contributed by atoms with E-state index in [1.165, 1.54) is 25.9 Å². The van der Waals surface area contributed by atoms with Gasteiger partial charge in [0.1, 0.15) is 5.69 Å². The molecule has 1 atom stereocenters. The number of amides is 1. The Kier molecular flexibility index (Phi) is 5.55. The lowest BCUT2D eigenvalue weighted by molar-refractivity contribution is 0.0940. The van der Waals surface area contributed by atoms with Gasteiger partial charge in [-0.1, -0.05) is 6.92 Å². The SMILES string of the molecule is CC(CNC(=O)c1cn(CCN)cn1)CN1CCCC1. The lowest BCUT2D eigenvalue weighted by Crippen LogP contribution is -2.34. The number of rotatable bonds is 7. The van der Waals surface area contributed by atoms with Crippen LogP contribution < -0.4 is 11.1 Å². The second kappa shape index (κ2) is 7.40. The molecule has 2 heterocycles. The van der Waals surface area contributed by atoms with Gasteiger partial charge in [0, 0.05) is 32.4 Å². The summed E-state index contributed by atoms with van der Waals surface area (Å²) >= 11 is 0. The molecule has 1 aliphatic heterocycles. The molecule has 0 bridgehead atoms. The number of nitrogens with one attached hydrogen (secondary N) is 1. The van der Waals surface area contributed by atoms with Gasteiger partial charge >= 0.3 is 0 Å². The third-order valence-electron chi connectivity index (χ3n) is 3.63. The van der Waals surface area contributed by atoms with Crippen molar-refractivity contribution in [3.05, 3.63) is 18.2 Å². The molecule has 1 fully saturated rings. The lowest BCUT2D eigenvalue weighted by Gasteiger charge is -2.20. The van der Waals surface area contributed by atoms with E-state index < -0.39 is 0 Å². The van der Waals surface area contributed by atoms with Gasteiger partial charge in [-0.25, -0.2) is 4.98 Å². The molecular formula is C14H25N5O. The van der Waals surface area contributed by atoms with Crippen LogP contribution in [0.4, 0.5) is 0 Å². The van der Waals surface area contributed by atoms with Crippen LogP contribution >= 0.6 is 0 Å². The first kappa shape index (κ1) is 15.0. The normalized spacial score (nSPS) is 17.3. The van der Waals surface area contributed by atoms with Crippen LogP contribution in [0.25, 0.3) is 0 Å². The van der Waals surface area contributed by atoms with Crippen LogP contribution in [0.3, 0.4) is 0 Å². The van der Waals surface area contributed by atoms with Gasteiger partial charge in [-0.3, -0.25) is 4.79 Å². The summed E-state index contributed by atoms with van der Waals surface area (Å²) in [6.07, 6.45) is 6.00. The van der Waals surface area contributed by atoms with E-state index in [1.54, 1.807) is 12.5 Å². The van der Waals surface area contributed by atoms with Gasteiger partial charge in [0.2, 0.25) is 0 Å². The quantitative estimate of drug-likeness (QED) is 0.753. The molecule has 6 heteroatoms. The number of hydrogen-bond donors (Lipinski definition) is 2. The molecule has 1 aliphatic rings. The van der Waals surface area contributed by atoms with Gasteiger partial charge in [-0.05, 0) is 31.8 Å². The van der Waals surface area contributed by atoms with Crippen LogP contribution in [0.2, 0.25) is 0 Å². The average Bonchev–Trinajstić information content (AvgIpc) is 3.08. The molecule has 0 aliphatic carbocycles. The Morgan fingerprint density at radius 1 is 1.50 bits per heavy atom. The van der Waals surface area contributed by atoms with E-state index in [0.717, 1.165) is 6.54 Å². The second-order valence-corrected chi connectivity index (χ2v) is 5.61.